The smallest absolute Gasteiger partial charge is 0.210 e. The van der Waals surface area contributed by atoms with Crippen molar-refractivity contribution in [2.24, 2.45) is 0 Å². The highest BCUT2D eigenvalue weighted by Crippen LogP contribution is 2.41. The Hall–Kier alpha value is -3.91. The zero-order valence-electron chi connectivity index (χ0n) is 18.6. The summed E-state index contributed by atoms with van der Waals surface area (Å²) >= 11 is 0. The topological polar surface area (TPSA) is 72.2 Å². The summed E-state index contributed by atoms with van der Waals surface area (Å²) in [6.07, 6.45) is 1.83. The number of carbonyl (C=O) groups is 1. The summed E-state index contributed by atoms with van der Waals surface area (Å²) in [6.45, 7) is 7.94. The molecule has 2 heterocycles. The molecular weight excluding hydrogens is 400 g/mol. The van der Waals surface area contributed by atoms with Crippen LogP contribution < -0.4 is 4.74 Å². The minimum absolute atomic E-state index is 0.0787. The van der Waals surface area contributed by atoms with E-state index in [1.54, 1.807) is 38.1 Å². The summed E-state index contributed by atoms with van der Waals surface area (Å²) < 4.78 is 12.0. The van der Waals surface area contributed by atoms with Crippen molar-refractivity contribution < 1.29 is 14.3 Å². The second kappa shape index (κ2) is 8.32. The number of aromatic nitrogens is 1. The number of aryl methyl sites for hydroxylation is 2. The molecule has 1 aliphatic rings. The first-order valence-corrected chi connectivity index (χ1v) is 10.4. The second-order valence-electron chi connectivity index (χ2n) is 8.42. The van der Waals surface area contributed by atoms with Crippen molar-refractivity contribution in [1.82, 2.24) is 4.98 Å². The largest absolute Gasteiger partial charge is 0.487 e. The van der Waals surface area contributed by atoms with Crippen LogP contribution in [0.25, 0.3) is 11.3 Å². The van der Waals surface area contributed by atoms with Crippen molar-refractivity contribution in [3.8, 4) is 11.8 Å². The molecule has 1 aromatic heterocycles. The Kier molecular flexibility index (Phi) is 5.54. The molecule has 5 heteroatoms. The fourth-order valence-electron chi connectivity index (χ4n) is 3.68. The average molecular weight is 425 g/mol. The van der Waals surface area contributed by atoms with Gasteiger partial charge in [0.15, 0.2) is 5.60 Å². The van der Waals surface area contributed by atoms with Gasteiger partial charge in [-0.3, -0.25) is 9.78 Å². The van der Waals surface area contributed by atoms with E-state index in [9.17, 15) is 4.79 Å². The summed E-state index contributed by atoms with van der Waals surface area (Å²) in [5.74, 6) is 1.14. The van der Waals surface area contributed by atoms with E-state index in [1.807, 2.05) is 44.3 Å². The molecule has 0 atom stereocenters. The van der Waals surface area contributed by atoms with Gasteiger partial charge in [-0.2, -0.15) is 5.26 Å². The quantitative estimate of drug-likeness (QED) is 0.549. The van der Waals surface area contributed by atoms with Gasteiger partial charge in [-0.15, -0.1) is 0 Å². The third-order valence-corrected chi connectivity index (χ3v) is 5.48. The van der Waals surface area contributed by atoms with Crippen LogP contribution in [0, 0.1) is 25.2 Å². The van der Waals surface area contributed by atoms with Crippen LogP contribution in [0.2, 0.25) is 0 Å². The SMILES string of the molecule is Cc1cnc(COc2ccc(C3=C(c4ccc(C#N)cc4)OC(C)(C)C3=O)cc2)c(C)c1. The van der Waals surface area contributed by atoms with Crippen LogP contribution in [-0.4, -0.2) is 16.4 Å². The predicted molar refractivity (Wildman–Crippen MR) is 123 cm³/mol. The first kappa shape index (κ1) is 21.3. The van der Waals surface area contributed by atoms with Gasteiger partial charge in [0, 0.05) is 11.8 Å². The van der Waals surface area contributed by atoms with Crippen molar-refractivity contribution in [2.45, 2.75) is 39.9 Å². The molecule has 0 saturated carbocycles. The van der Waals surface area contributed by atoms with E-state index < -0.39 is 5.60 Å². The second-order valence-corrected chi connectivity index (χ2v) is 8.42. The van der Waals surface area contributed by atoms with E-state index in [1.165, 1.54) is 0 Å². The first-order valence-electron chi connectivity index (χ1n) is 10.4. The number of pyridine rings is 1. The monoisotopic (exact) mass is 424 g/mol. The molecule has 0 bridgehead atoms. The normalized spacial score (nSPS) is 14.8. The molecule has 0 saturated heterocycles. The molecule has 4 rings (SSSR count). The summed E-state index contributed by atoms with van der Waals surface area (Å²) in [5, 5.41) is 9.06. The minimum atomic E-state index is -0.956. The van der Waals surface area contributed by atoms with Crippen molar-refractivity contribution >= 4 is 17.1 Å². The Balaban J connectivity index is 1.61. The van der Waals surface area contributed by atoms with Crippen molar-refractivity contribution in [3.05, 3.63) is 94.3 Å². The van der Waals surface area contributed by atoms with Crippen molar-refractivity contribution in [2.75, 3.05) is 0 Å². The number of hydrogen-bond donors (Lipinski definition) is 0. The van der Waals surface area contributed by atoms with Gasteiger partial charge >= 0.3 is 0 Å². The van der Waals surface area contributed by atoms with Gasteiger partial charge in [0.2, 0.25) is 5.78 Å². The van der Waals surface area contributed by atoms with Crippen molar-refractivity contribution in [1.29, 1.82) is 5.26 Å². The fourth-order valence-corrected chi connectivity index (χ4v) is 3.68. The molecule has 0 N–H and O–H groups in total. The number of nitrogens with zero attached hydrogens (tertiary/aromatic N) is 2. The van der Waals surface area contributed by atoms with Gasteiger partial charge in [0.25, 0.3) is 0 Å². The lowest BCUT2D eigenvalue weighted by Crippen LogP contribution is -2.29. The zero-order chi connectivity index (χ0) is 22.9. The summed E-state index contributed by atoms with van der Waals surface area (Å²) in [6, 6.07) is 18.7. The molecule has 160 valence electrons. The highest BCUT2D eigenvalue weighted by atomic mass is 16.5. The van der Waals surface area contributed by atoms with E-state index in [4.69, 9.17) is 14.7 Å². The highest BCUT2D eigenvalue weighted by molar-refractivity contribution is 6.32. The molecule has 5 nitrogen and oxygen atoms in total. The molecule has 1 aliphatic heterocycles. The van der Waals surface area contributed by atoms with E-state index in [0.717, 1.165) is 27.9 Å². The average Bonchev–Trinajstić information content (AvgIpc) is 3.02. The first-order chi connectivity index (χ1) is 15.3. The lowest BCUT2D eigenvalue weighted by Gasteiger charge is -2.17. The zero-order valence-corrected chi connectivity index (χ0v) is 18.6. The number of hydrogen-bond acceptors (Lipinski definition) is 5. The van der Waals surface area contributed by atoms with Crippen molar-refractivity contribution in [3.63, 3.8) is 0 Å². The summed E-state index contributed by atoms with van der Waals surface area (Å²) in [7, 11) is 0. The van der Waals surface area contributed by atoms with Crippen LogP contribution >= 0.6 is 0 Å². The Bertz CT molecular complexity index is 1250. The van der Waals surface area contributed by atoms with E-state index in [2.05, 4.69) is 17.1 Å². The standard InChI is InChI=1S/C27H24N2O3/c1-17-13-18(2)23(29-15-17)16-31-22-11-9-20(10-12-22)24-25(32-27(3,4)26(24)30)21-7-5-19(14-28)6-8-21/h5-13,15H,16H2,1-4H3. The maximum absolute atomic E-state index is 13.1. The molecule has 0 fully saturated rings. The fraction of sp³-hybridized carbons (Fsp3) is 0.222. The van der Waals surface area contributed by atoms with Gasteiger partial charge < -0.3 is 9.47 Å². The number of nitriles is 1. The van der Waals surface area contributed by atoms with Crippen LogP contribution in [0.5, 0.6) is 5.75 Å². The number of rotatable bonds is 5. The van der Waals surface area contributed by atoms with E-state index in [0.29, 0.717) is 29.3 Å². The Morgan fingerprint density at radius 1 is 1.03 bits per heavy atom. The number of ether oxygens (including phenoxy) is 2. The highest BCUT2D eigenvalue weighted by Gasteiger charge is 2.42. The van der Waals surface area contributed by atoms with Crippen LogP contribution in [0.15, 0.2) is 60.8 Å². The maximum atomic E-state index is 13.1. The summed E-state index contributed by atoms with van der Waals surface area (Å²) in [4.78, 5) is 17.6. The third-order valence-electron chi connectivity index (χ3n) is 5.48. The van der Waals surface area contributed by atoms with Gasteiger partial charge in [-0.05, 0) is 80.8 Å². The third kappa shape index (κ3) is 4.13. The molecule has 0 unspecified atom stereocenters. The molecule has 32 heavy (non-hydrogen) atoms. The molecule has 3 aromatic rings. The lowest BCUT2D eigenvalue weighted by atomic mass is 9.92. The molecular formula is C27H24N2O3. The van der Waals surface area contributed by atoms with E-state index in [-0.39, 0.29) is 5.78 Å². The molecule has 0 spiro atoms. The van der Waals surface area contributed by atoms with Crippen LogP contribution in [0.3, 0.4) is 0 Å². The number of carbonyl (C=O) groups excluding carboxylic acids is 1. The molecule has 0 aliphatic carbocycles. The maximum Gasteiger partial charge on any atom is 0.210 e. The predicted octanol–water partition coefficient (Wildman–Crippen LogP) is 5.40. The van der Waals surface area contributed by atoms with E-state index >= 15 is 0 Å². The van der Waals surface area contributed by atoms with Gasteiger partial charge in [-0.25, -0.2) is 0 Å². The lowest BCUT2D eigenvalue weighted by molar-refractivity contribution is -0.125. The Morgan fingerprint density at radius 3 is 2.31 bits per heavy atom. The van der Waals surface area contributed by atoms with Crippen LogP contribution in [0.1, 0.15) is 47.4 Å². The number of Topliss-reactive ketones (excluding diaryl/α,β-unsaturated/α-hetero) is 1. The number of ketones is 1. The van der Waals surface area contributed by atoms with Crippen LogP contribution in [0.4, 0.5) is 0 Å². The molecule has 0 radical (unpaired) electrons. The number of benzene rings is 2. The van der Waals surface area contributed by atoms with Gasteiger partial charge in [-0.1, -0.05) is 18.2 Å². The van der Waals surface area contributed by atoms with Gasteiger partial charge in [0.05, 0.1) is 22.9 Å². The molecule has 0 amide bonds. The Morgan fingerprint density at radius 2 is 1.69 bits per heavy atom. The van der Waals surface area contributed by atoms with Gasteiger partial charge in [0.1, 0.15) is 18.1 Å². The minimum Gasteiger partial charge on any atom is -0.487 e. The summed E-state index contributed by atoms with van der Waals surface area (Å²) in [5.41, 5.74) is 4.76. The molecule has 2 aromatic carbocycles. The van der Waals surface area contributed by atoms with Crippen LogP contribution in [-0.2, 0) is 16.1 Å². The Labute approximate surface area is 188 Å².